The lowest BCUT2D eigenvalue weighted by molar-refractivity contribution is -0.161. The largest absolute Gasteiger partial charge is 0.462 e. The first-order valence-corrected chi connectivity index (χ1v) is 14.9. The van der Waals surface area contributed by atoms with E-state index in [0.717, 1.165) is 19.3 Å². The quantitative estimate of drug-likeness (QED) is 0.370. The van der Waals surface area contributed by atoms with Crippen LogP contribution >= 0.6 is 0 Å². The molecular weight excluding hydrogens is 496 g/mol. The number of ketones is 3. The molecule has 216 valence electrons. The Morgan fingerprint density at radius 2 is 1.77 bits per heavy atom. The summed E-state index contributed by atoms with van der Waals surface area (Å²) >= 11 is 0. The van der Waals surface area contributed by atoms with Gasteiger partial charge in [-0.1, -0.05) is 47.6 Å². The number of hydrogen-bond donors (Lipinski definition) is 2. The smallest absolute Gasteiger partial charge is 0.302 e. The van der Waals surface area contributed by atoms with Crippen LogP contribution in [0.4, 0.5) is 0 Å². The van der Waals surface area contributed by atoms with Crippen LogP contribution in [0.2, 0.25) is 0 Å². The highest BCUT2D eigenvalue weighted by atomic mass is 16.5. The molecule has 0 heterocycles. The molecule has 0 aromatic heterocycles. The number of carbonyl (C=O) groups excluding carboxylic acids is 4. The molecule has 0 bridgehead atoms. The number of hydrogen-bond acceptors (Lipinski definition) is 7. The van der Waals surface area contributed by atoms with E-state index in [1.807, 2.05) is 6.92 Å². The van der Waals surface area contributed by atoms with E-state index < -0.39 is 41.6 Å². The molecule has 0 amide bonds. The third-order valence-electron chi connectivity index (χ3n) is 13.1. The Balaban J connectivity index is 1.53. The van der Waals surface area contributed by atoms with E-state index in [4.69, 9.17) is 4.74 Å². The minimum atomic E-state index is -0.641. The summed E-state index contributed by atoms with van der Waals surface area (Å²) in [4.78, 5) is 51.8. The Morgan fingerprint density at radius 3 is 2.38 bits per heavy atom. The fraction of sp³-hybridized carbons (Fsp3) is 0.812. The summed E-state index contributed by atoms with van der Waals surface area (Å²) in [6.07, 6.45) is 6.63. The first kappa shape index (κ1) is 28.7. The Kier molecular flexibility index (Phi) is 6.67. The minimum absolute atomic E-state index is 0.0135. The van der Waals surface area contributed by atoms with Crippen molar-refractivity contribution in [2.45, 2.75) is 92.8 Å². The zero-order valence-electron chi connectivity index (χ0n) is 24.5. The second-order valence-electron chi connectivity index (χ2n) is 14.5. The van der Waals surface area contributed by atoms with E-state index in [-0.39, 0.29) is 63.6 Å². The van der Waals surface area contributed by atoms with Crippen LogP contribution in [0, 0.1) is 63.1 Å². The Hall–Kier alpha value is -1.86. The lowest BCUT2D eigenvalue weighted by atomic mass is 9.43. The monoisotopic (exact) mass is 542 g/mol. The Morgan fingerprint density at radius 1 is 1.10 bits per heavy atom. The number of allylic oxidation sites excluding steroid dienone is 2. The van der Waals surface area contributed by atoms with Gasteiger partial charge in [0.2, 0.25) is 11.6 Å². The van der Waals surface area contributed by atoms with Crippen LogP contribution in [0.25, 0.3) is 0 Å². The van der Waals surface area contributed by atoms with Crippen molar-refractivity contribution in [1.29, 1.82) is 0 Å². The van der Waals surface area contributed by atoms with Crippen molar-refractivity contribution >= 4 is 23.3 Å². The van der Waals surface area contributed by atoms with Gasteiger partial charge in [0.15, 0.2) is 5.78 Å². The van der Waals surface area contributed by atoms with Crippen molar-refractivity contribution in [3.63, 3.8) is 0 Å². The molecule has 2 spiro atoms. The summed E-state index contributed by atoms with van der Waals surface area (Å²) in [7, 11) is 0. The molecule has 7 nitrogen and oxygen atoms in total. The van der Waals surface area contributed by atoms with Crippen LogP contribution in [0.5, 0.6) is 0 Å². The molecule has 4 saturated carbocycles. The first-order chi connectivity index (χ1) is 18.1. The van der Waals surface area contributed by atoms with Gasteiger partial charge in [-0.15, -0.1) is 0 Å². The summed E-state index contributed by atoms with van der Waals surface area (Å²) in [5.74, 6) is -3.25. The number of fused-ring (bicyclic) bond motifs is 2. The topological polar surface area (TPSA) is 118 Å². The van der Waals surface area contributed by atoms with Crippen molar-refractivity contribution in [3.8, 4) is 0 Å². The van der Waals surface area contributed by atoms with Gasteiger partial charge in [-0.05, 0) is 66.3 Å². The molecule has 5 rings (SSSR count). The predicted octanol–water partition coefficient (Wildman–Crippen LogP) is 3.93. The van der Waals surface area contributed by atoms with Gasteiger partial charge in [-0.3, -0.25) is 19.2 Å². The van der Waals surface area contributed by atoms with Crippen molar-refractivity contribution in [3.05, 3.63) is 12.2 Å². The molecular formula is C32H46O7. The molecule has 7 heteroatoms. The van der Waals surface area contributed by atoms with Gasteiger partial charge in [0.1, 0.15) is 6.10 Å². The highest BCUT2D eigenvalue weighted by Crippen LogP contribution is 2.87. The maximum absolute atomic E-state index is 13.7. The van der Waals surface area contributed by atoms with E-state index in [1.165, 1.54) is 6.92 Å². The van der Waals surface area contributed by atoms with Crippen LogP contribution in [0.15, 0.2) is 12.2 Å². The highest BCUT2D eigenvalue weighted by molar-refractivity contribution is 6.38. The van der Waals surface area contributed by atoms with E-state index in [1.54, 1.807) is 26.8 Å². The van der Waals surface area contributed by atoms with Gasteiger partial charge in [0.25, 0.3) is 0 Å². The van der Waals surface area contributed by atoms with E-state index in [2.05, 4.69) is 19.9 Å². The number of Topliss-reactive ketones (excluding diaryl/α,β-unsaturated/α-hetero) is 2. The number of esters is 1. The van der Waals surface area contributed by atoms with Gasteiger partial charge in [0.05, 0.1) is 6.10 Å². The molecule has 4 fully saturated rings. The SMILES string of the molecule is CC(=O)O[C@H]1C[C@@]2(C)[C@@H]3C[C@@H](O)[C@H]4[C@H](C)C(=O)C=C[C@@]45C[C@@]35CC[C@]2(C)[C@H]1[C@H](C)C(=O)C(=O)C(C)[C@@H](C)CO. The third kappa shape index (κ3) is 3.60. The van der Waals surface area contributed by atoms with Crippen LogP contribution in [0.1, 0.15) is 80.6 Å². The molecule has 5 aliphatic rings. The van der Waals surface area contributed by atoms with Crippen LogP contribution in [-0.4, -0.2) is 52.3 Å². The fourth-order valence-corrected chi connectivity index (χ4v) is 10.6. The third-order valence-corrected chi connectivity index (χ3v) is 13.1. The standard InChI is InChI=1S/C32H46O7/c1-16(14-33)17(2)27(37)28(38)19(4)26-23(39-20(5)34)13-30(7)24-12-22(36)25-18(3)21(35)8-9-32(25)15-31(24,32)11-10-29(26,30)6/h8-9,16-19,22-26,33,36H,10-15H2,1-7H3/t16-,17?,18+,19-,22+,23-,24-,25+,26-,29+,30-,31-,32+/m0/s1. The molecule has 2 N–H and O–H groups in total. The molecule has 5 aliphatic carbocycles. The summed E-state index contributed by atoms with van der Waals surface area (Å²) in [5, 5.41) is 21.1. The number of rotatable bonds is 7. The van der Waals surface area contributed by atoms with Gasteiger partial charge >= 0.3 is 5.97 Å². The average molecular weight is 543 g/mol. The highest BCUT2D eigenvalue weighted by Gasteiger charge is 2.83. The summed E-state index contributed by atoms with van der Waals surface area (Å²) in [6.45, 7) is 12.9. The Bertz CT molecular complexity index is 1130. The molecule has 13 atom stereocenters. The second-order valence-corrected chi connectivity index (χ2v) is 14.5. The maximum Gasteiger partial charge on any atom is 0.302 e. The molecule has 1 unspecified atom stereocenters. The Labute approximate surface area is 232 Å². The summed E-state index contributed by atoms with van der Waals surface area (Å²) in [5.41, 5.74) is -0.915. The lowest BCUT2D eigenvalue weighted by Crippen LogP contribution is -2.58. The van der Waals surface area contributed by atoms with E-state index in [0.29, 0.717) is 12.8 Å². The number of ether oxygens (including phenoxy) is 1. The number of carbonyl (C=O) groups is 4. The van der Waals surface area contributed by atoms with Crippen LogP contribution < -0.4 is 0 Å². The van der Waals surface area contributed by atoms with Gasteiger partial charge < -0.3 is 14.9 Å². The second kappa shape index (κ2) is 9.07. The molecule has 0 aromatic rings. The zero-order chi connectivity index (χ0) is 28.9. The van der Waals surface area contributed by atoms with Crippen molar-refractivity contribution in [1.82, 2.24) is 0 Å². The lowest BCUT2D eigenvalue weighted by Gasteiger charge is -2.61. The zero-order valence-corrected chi connectivity index (χ0v) is 24.5. The average Bonchev–Trinajstić information content (AvgIpc) is 3.47. The van der Waals surface area contributed by atoms with Crippen LogP contribution in [0.3, 0.4) is 0 Å². The number of aliphatic hydroxyl groups is 2. The van der Waals surface area contributed by atoms with Gasteiger partial charge in [-0.2, -0.15) is 0 Å². The first-order valence-electron chi connectivity index (χ1n) is 14.9. The predicted molar refractivity (Wildman–Crippen MR) is 144 cm³/mol. The van der Waals surface area contributed by atoms with Gasteiger partial charge in [0, 0.05) is 48.5 Å². The number of aliphatic hydroxyl groups excluding tert-OH is 2. The molecule has 0 radical (unpaired) electrons. The van der Waals surface area contributed by atoms with Crippen molar-refractivity contribution < 1.29 is 34.1 Å². The molecule has 0 saturated heterocycles. The molecule has 0 aliphatic heterocycles. The summed E-state index contributed by atoms with van der Waals surface area (Å²) < 4.78 is 5.95. The van der Waals surface area contributed by atoms with Gasteiger partial charge in [-0.25, -0.2) is 0 Å². The fourth-order valence-electron chi connectivity index (χ4n) is 10.6. The maximum atomic E-state index is 13.7. The normalized spacial score (nSPS) is 48.1. The molecule has 0 aromatic carbocycles. The van der Waals surface area contributed by atoms with Crippen LogP contribution in [-0.2, 0) is 23.9 Å². The molecule has 39 heavy (non-hydrogen) atoms. The minimum Gasteiger partial charge on any atom is -0.462 e. The van der Waals surface area contributed by atoms with E-state index >= 15 is 0 Å². The van der Waals surface area contributed by atoms with Crippen molar-refractivity contribution in [2.75, 3.05) is 6.61 Å². The van der Waals surface area contributed by atoms with E-state index in [9.17, 15) is 29.4 Å². The van der Waals surface area contributed by atoms with Crippen molar-refractivity contribution in [2.24, 2.45) is 63.1 Å². The summed E-state index contributed by atoms with van der Waals surface area (Å²) in [6, 6.07) is 0.